The minimum atomic E-state index is -0.221. The number of imide groups is 1. The van der Waals surface area contributed by atoms with Gasteiger partial charge in [-0.1, -0.05) is 23.8 Å². The van der Waals surface area contributed by atoms with Gasteiger partial charge in [-0.25, -0.2) is 0 Å². The number of rotatable bonds is 1. The molecular formula is C14H12ClNO2S. The maximum absolute atomic E-state index is 12.4. The van der Waals surface area contributed by atoms with E-state index in [0.29, 0.717) is 21.9 Å². The molecule has 19 heavy (non-hydrogen) atoms. The van der Waals surface area contributed by atoms with Crippen LogP contribution in [0.25, 0.3) is 0 Å². The fraction of sp³-hybridized carbons (Fsp3) is 0.286. The number of carbonyl (C=O) groups is 2. The molecule has 1 aliphatic heterocycles. The Morgan fingerprint density at radius 1 is 1.32 bits per heavy atom. The summed E-state index contributed by atoms with van der Waals surface area (Å²) in [7, 11) is 0. The molecule has 0 fully saturated rings. The summed E-state index contributed by atoms with van der Waals surface area (Å²) in [6.07, 6.45) is 5.97. The van der Waals surface area contributed by atoms with Gasteiger partial charge in [0.15, 0.2) is 0 Å². The van der Waals surface area contributed by atoms with Crippen molar-refractivity contribution in [3.63, 3.8) is 0 Å². The van der Waals surface area contributed by atoms with E-state index in [4.69, 9.17) is 11.6 Å². The third-order valence-corrected chi connectivity index (χ3v) is 5.07. The first-order valence-corrected chi connectivity index (χ1v) is 7.22. The van der Waals surface area contributed by atoms with Crippen LogP contribution in [0.5, 0.6) is 0 Å². The quantitative estimate of drug-likeness (QED) is 0.744. The largest absolute Gasteiger partial charge is 0.272 e. The van der Waals surface area contributed by atoms with Crippen LogP contribution in [-0.2, 0) is 0 Å². The van der Waals surface area contributed by atoms with E-state index >= 15 is 0 Å². The zero-order valence-electron chi connectivity index (χ0n) is 10.6. The molecular weight excluding hydrogens is 282 g/mol. The van der Waals surface area contributed by atoms with Gasteiger partial charge in [-0.05, 0) is 31.9 Å². The molecule has 3 nitrogen and oxygen atoms in total. The Labute approximate surface area is 120 Å². The Morgan fingerprint density at radius 3 is 2.63 bits per heavy atom. The number of hydrogen-bond donors (Lipinski definition) is 0. The van der Waals surface area contributed by atoms with Gasteiger partial charge in [0.25, 0.3) is 11.8 Å². The molecule has 0 saturated carbocycles. The van der Waals surface area contributed by atoms with Crippen molar-refractivity contribution in [2.75, 3.05) is 0 Å². The lowest BCUT2D eigenvalue weighted by atomic mass is 10.1. The molecule has 1 unspecified atom stereocenters. The van der Waals surface area contributed by atoms with Gasteiger partial charge in [0, 0.05) is 9.91 Å². The van der Waals surface area contributed by atoms with Crippen molar-refractivity contribution in [1.29, 1.82) is 0 Å². The second-order valence-corrected chi connectivity index (χ2v) is 6.38. The summed E-state index contributed by atoms with van der Waals surface area (Å²) in [6, 6.07) is -0.221. The number of amides is 2. The van der Waals surface area contributed by atoms with Gasteiger partial charge in [-0.2, -0.15) is 0 Å². The number of carbonyl (C=O) groups excluding carboxylic acids is 2. The van der Waals surface area contributed by atoms with Crippen LogP contribution in [-0.4, -0.2) is 22.8 Å². The molecule has 1 aromatic heterocycles. The van der Waals surface area contributed by atoms with E-state index in [2.05, 4.69) is 0 Å². The molecule has 2 aliphatic rings. The third-order valence-electron chi connectivity index (χ3n) is 3.59. The molecule has 0 spiro atoms. The Kier molecular flexibility index (Phi) is 2.87. The molecule has 98 valence electrons. The minimum absolute atomic E-state index is 0.178. The second kappa shape index (κ2) is 4.32. The molecule has 1 aromatic rings. The molecule has 0 saturated heterocycles. The Bertz CT molecular complexity index is 657. The molecule has 1 atom stereocenters. The summed E-state index contributed by atoms with van der Waals surface area (Å²) in [4.78, 5) is 27.8. The number of halogens is 1. The number of hydrogen-bond acceptors (Lipinski definition) is 3. The summed E-state index contributed by atoms with van der Waals surface area (Å²) in [5, 5.41) is 0.650. The van der Waals surface area contributed by atoms with E-state index in [-0.39, 0.29) is 17.9 Å². The Hall–Kier alpha value is -1.39. The first kappa shape index (κ1) is 12.6. The lowest BCUT2D eigenvalue weighted by molar-refractivity contribution is 0.0616. The zero-order valence-corrected chi connectivity index (χ0v) is 12.1. The first-order chi connectivity index (χ1) is 9.00. The Morgan fingerprint density at radius 2 is 2.05 bits per heavy atom. The SMILES string of the molecule is Cc1sc2c(c1C)C(=O)N(C1C=CC(Cl)=CC1)C2=O. The van der Waals surface area contributed by atoms with Gasteiger partial charge >= 0.3 is 0 Å². The third kappa shape index (κ3) is 1.78. The molecule has 0 bridgehead atoms. The van der Waals surface area contributed by atoms with Gasteiger partial charge in [-0.15, -0.1) is 11.3 Å². The number of nitrogens with zero attached hydrogens (tertiary/aromatic N) is 1. The van der Waals surface area contributed by atoms with E-state index in [1.165, 1.54) is 16.2 Å². The first-order valence-electron chi connectivity index (χ1n) is 6.02. The average Bonchev–Trinajstić information content (AvgIpc) is 2.80. The van der Waals surface area contributed by atoms with E-state index in [9.17, 15) is 9.59 Å². The lowest BCUT2D eigenvalue weighted by Gasteiger charge is -2.24. The Balaban J connectivity index is 1.98. The van der Waals surface area contributed by atoms with Crippen LogP contribution in [0.1, 0.15) is 36.9 Å². The highest BCUT2D eigenvalue weighted by Gasteiger charge is 2.42. The van der Waals surface area contributed by atoms with Crippen LogP contribution in [0.2, 0.25) is 0 Å². The molecule has 0 N–H and O–H groups in total. The second-order valence-electron chi connectivity index (χ2n) is 4.72. The minimum Gasteiger partial charge on any atom is -0.268 e. The van der Waals surface area contributed by atoms with Gasteiger partial charge in [0.1, 0.15) is 4.88 Å². The van der Waals surface area contributed by atoms with E-state index in [1.54, 1.807) is 6.08 Å². The van der Waals surface area contributed by atoms with E-state index in [1.807, 2.05) is 26.0 Å². The van der Waals surface area contributed by atoms with Crippen LogP contribution in [0.3, 0.4) is 0 Å². The lowest BCUT2D eigenvalue weighted by Crippen LogP contribution is -2.39. The summed E-state index contributed by atoms with van der Waals surface area (Å²) in [6.45, 7) is 3.83. The predicted molar refractivity (Wildman–Crippen MR) is 75.8 cm³/mol. The summed E-state index contributed by atoms with van der Waals surface area (Å²) >= 11 is 7.27. The standard InChI is InChI=1S/C14H12ClNO2S/c1-7-8(2)19-12-11(7)13(17)16(14(12)18)10-5-3-9(15)4-6-10/h3-5,10H,6H2,1-2H3. The zero-order chi connectivity index (χ0) is 13.7. The summed E-state index contributed by atoms with van der Waals surface area (Å²) in [5.74, 6) is -0.356. The van der Waals surface area contributed by atoms with Crippen LogP contribution >= 0.6 is 22.9 Å². The monoisotopic (exact) mass is 293 g/mol. The fourth-order valence-corrected chi connectivity index (χ4v) is 3.68. The average molecular weight is 294 g/mol. The van der Waals surface area contributed by atoms with Crippen LogP contribution in [0.4, 0.5) is 0 Å². The van der Waals surface area contributed by atoms with Crippen molar-refractivity contribution in [1.82, 2.24) is 4.90 Å². The van der Waals surface area contributed by atoms with Gasteiger partial charge in [-0.3, -0.25) is 14.5 Å². The highest BCUT2D eigenvalue weighted by molar-refractivity contribution is 7.14. The van der Waals surface area contributed by atoms with Crippen molar-refractivity contribution >= 4 is 34.8 Å². The van der Waals surface area contributed by atoms with Gasteiger partial charge in [0.2, 0.25) is 0 Å². The molecule has 2 heterocycles. The highest BCUT2D eigenvalue weighted by atomic mass is 35.5. The van der Waals surface area contributed by atoms with Crippen molar-refractivity contribution in [2.24, 2.45) is 0 Å². The molecule has 3 rings (SSSR count). The number of thiophene rings is 1. The highest BCUT2D eigenvalue weighted by Crippen LogP contribution is 2.36. The molecule has 1 aliphatic carbocycles. The maximum atomic E-state index is 12.4. The topological polar surface area (TPSA) is 37.4 Å². The number of fused-ring (bicyclic) bond motifs is 1. The molecule has 0 radical (unpaired) electrons. The van der Waals surface area contributed by atoms with Gasteiger partial charge in [0.05, 0.1) is 11.6 Å². The smallest absolute Gasteiger partial charge is 0.268 e. The number of allylic oxidation sites excluding steroid dienone is 2. The van der Waals surface area contributed by atoms with Crippen LogP contribution in [0.15, 0.2) is 23.3 Å². The summed E-state index contributed by atoms with van der Waals surface area (Å²) < 4.78 is 0. The molecule has 5 heteroatoms. The summed E-state index contributed by atoms with van der Waals surface area (Å²) in [5.41, 5.74) is 1.51. The van der Waals surface area contributed by atoms with Crippen molar-refractivity contribution in [2.45, 2.75) is 26.3 Å². The van der Waals surface area contributed by atoms with Crippen LogP contribution < -0.4 is 0 Å². The van der Waals surface area contributed by atoms with E-state index < -0.39 is 0 Å². The van der Waals surface area contributed by atoms with Crippen molar-refractivity contribution in [3.8, 4) is 0 Å². The van der Waals surface area contributed by atoms with Crippen molar-refractivity contribution < 1.29 is 9.59 Å². The fourth-order valence-electron chi connectivity index (χ4n) is 2.43. The molecule has 2 amide bonds. The van der Waals surface area contributed by atoms with Crippen LogP contribution in [0, 0.1) is 13.8 Å². The van der Waals surface area contributed by atoms with Crippen molar-refractivity contribution in [3.05, 3.63) is 44.1 Å². The molecule has 0 aromatic carbocycles. The van der Waals surface area contributed by atoms with E-state index in [0.717, 1.165) is 10.4 Å². The normalized spacial score (nSPS) is 21.9. The maximum Gasteiger partial charge on any atom is 0.272 e. The van der Waals surface area contributed by atoms with Gasteiger partial charge < -0.3 is 0 Å². The predicted octanol–water partition coefficient (Wildman–Crippen LogP) is 3.41. The number of aryl methyl sites for hydroxylation is 1.